The second-order valence-electron chi connectivity index (χ2n) is 6.66. The maximum Gasteiger partial charge on any atom is 0.234 e. The number of nitrogens with one attached hydrogen (secondary N) is 1. The molecule has 2 nitrogen and oxygen atoms in total. The van der Waals surface area contributed by atoms with Gasteiger partial charge in [0.25, 0.3) is 0 Å². The molecule has 1 atom stereocenters. The molecule has 144 valence electrons. The molecule has 1 amide bonds. The van der Waals surface area contributed by atoms with Crippen molar-refractivity contribution in [3.8, 4) is 0 Å². The van der Waals surface area contributed by atoms with Gasteiger partial charge in [0.1, 0.15) is 0 Å². The minimum Gasteiger partial charge on any atom is -0.325 e. The van der Waals surface area contributed by atoms with Crippen LogP contribution in [0.4, 0.5) is 5.69 Å². The van der Waals surface area contributed by atoms with E-state index >= 15 is 0 Å². The largest absolute Gasteiger partial charge is 0.325 e. The van der Waals surface area contributed by atoms with Crippen molar-refractivity contribution in [1.29, 1.82) is 0 Å². The molecule has 0 spiro atoms. The number of rotatable bonds is 7. The van der Waals surface area contributed by atoms with Crippen LogP contribution in [0.25, 0.3) is 0 Å². The molecule has 4 heteroatoms. The van der Waals surface area contributed by atoms with Gasteiger partial charge in [-0.15, -0.1) is 11.8 Å². The van der Waals surface area contributed by atoms with E-state index in [1.807, 2.05) is 61.5 Å². The second-order valence-corrected chi connectivity index (χ2v) is 8.19. The first-order valence-electron chi connectivity index (χ1n) is 9.39. The lowest BCUT2D eigenvalue weighted by Gasteiger charge is -2.18. The molecule has 0 fully saturated rings. The van der Waals surface area contributed by atoms with Crippen LogP contribution in [-0.2, 0) is 11.2 Å². The fourth-order valence-corrected chi connectivity index (χ4v) is 4.40. The fourth-order valence-electron chi connectivity index (χ4n) is 3.19. The highest BCUT2D eigenvalue weighted by Crippen LogP contribution is 2.36. The Hall–Kier alpha value is -2.23. The molecular formula is C24H24ClNOS. The summed E-state index contributed by atoms with van der Waals surface area (Å²) >= 11 is 7.68. The van der Waals surface area contributed by atoms with E-state index < -0.39 is 0 Å². The van der Waals surface area contributed by atoms with Crippen molar-refractivity contribution in [2.45, 2.75) is 25.5 Å². The molecule has 0 saturated carbocycles. The molecular weight excluding hydrogens is 386 g/mol. The number of hydrogen-bond donors (Lipinski definition) is 1. The van der Waals surface area contributed by atoms with E-state index in [0.29, 0.717) is 10.8 Å². The van der Waals surface area contributed by atoms with E-state index in [1.54, 1.807) is 11.8 Å². The number of anilines is 1. The highest BCUT2D eigenvalue weighted by Gasteiger charge is 2.17. The summed E-state index contributed by atoms with van der Waals surface area (Å²) in [5.74, 6) is 0.392. The van der Waals surface area contributed by atoms with Gasteiger partial charge >= 0.3 is 0 Å². The lowest BCUT2D eigenvalue weighted by molar-refractivity contribution is -0.113. The predicted molar refractivity (Wildman–Crippen MR) is 121 cm³/mol. The van der Waals surface area contributed by atoms with Gasteiger partial charge in [0.05, 0.1) is 11.0 Å². The zero-order valence-corrected chi connectivity index (χ0v) is 17.7. The third-order valence-corrected chi connectivity index (χ3v) is 6.22. The molecule has 0 radical (unpaired) electrons. The molecule has 1 N–H and O–H groups in total. The number of halogens is 1. The zero-order chi connectivity index (χ0) is 19.9. The summed E-state index contributed by atoms with van der Waals surface area (Å²) in [5.41, 5.74) is 5.51. The molecule has 3 aromatic rings. The van der Waals surface area contributed by atoms with Gasteiger partial charge < -0.3 is 5.32 Å². The Morgan fingerprint density at radius 2 is 1.64 bits per heavy atom. The summed E-state index contributed by atoms with van der Waals surface area (Å²) in [7, 11) is 0. The lowest BCUT2D eigenvalue weighted by Crippen LogP contribution is -2.17. The maximum atomic E-state index is 12.7. The number of amides is 1. The average Bonchev–Trinajstić information content (AvgIpc) is 2.72. The maximum absolute atomic E-state index is 12.7. The second kappa shape index (κ2) is 9.81. The summed E-state index contributed by atoms with van der Waals surface area (Å²) in [6.07, 6.45) is 0.891. The number of carbonyl (C=O) groups is 1. The van der Waals surface area contributed by atoms with Crippen molar-refractivity contribution in [3.63, 3.8) is 0 Å². The molecule has 28 heavy (non-hydrogen) atoms. The van der Waals surface area contributed by atoms with Gasteiger partial charge in [-0.1, -0.05) is 79.2 Å². The highest BCUT2D eigenvalue weighted by atomic mass is 35.5. The van der Waals surface area contributed by atoms with Crippen LogP contribution < -0.4 is 5.32 Å². The number of para-hydroxylation sites is 1. The normalized spacial score (nSPS) is 11.8. The van der Waals surface area contributed by atoms with Gasteiger partial charge in [-0.05, 0) is 47.7 Å². The van der Waals surface area contributed by atoms with E-state index in [4.69, 9.17) is 11.6 Å². The molecule has 0 heterocycles. The fraction of sp³-hybridized carbons (Fsp3) is 0.208. The van der Waals surface area contributed by atoms with E-state index in [0.717, 1.165) is 28.8 Å². The van der Waals surface area contributed by atoms with E-state index in [9.17, 15) is 4.79 Å². The SMILES string of the molecule is CCc1cccc(C)c1NC(=O)CSC(c1ccccc1)c1ccc(Cl)cc1. The minimum atomic E-state index is 0.0175. The van der Waals surface area contributed by atoms with Crippen LogP contribution in [0.2, 0.25) is 5.02 Å². The van der Waals surface area contributed by atoms with Crippen molar-refractivity contribution in [2.75, 3.05) is 11.1 Å². The molecule has 0 bridgehead atoms. The van der Waals surface area contributed by atoms with Gasteiger partial charge in [0.2, 0.25) is 5.91 Å². The Balaban J connectivity index is 1.75. The minimum absolute atomic E-state index is 0.0175. The molecule has 1 unspecified atom stereocenters. The summed E-state index contributed by atoms with van der Waals surface area (Å²) in [6.45, 7) is 4.13. The van der Waals surface area contributed by atoms with Crippen LogP contribution in [0.5, 0.6) is 0 Å². The van der Waals surface area contributed by atoms with Crippen LogP contribution in [0.15, 0.2) is 72.8 Å². The van der Waals surface area contributed by atoms with Crippen LogP contribution in [0.1, 0.15) is 34.4 Å². The van der Waals surface area contributed by atoms with E-state index in [2.05, 4.69) is 30.4 Å². The molecule has 0 saturated heterocycles. The number of hydrogen-bond acceptors (Lipinski definition) is 2. The first kappa shape index (κ1) is 20.5. The molecule has 3 aromatic carbocycles. The first-order chi connectivity index (χ1) is 13.6. The Labute approximate surface area is 176 Å². The predicted octanol–water partition coefficient (Wildman–Crippen LogP) is 6.67. The number of carbonyl (C=O) groups excluding carboxylic acids is 1. The van der Waals surface area contributed by atoms with Crippen molar-refractivity contribution in [1.82, 2.24) is 0 Å². The van der Waals surface area contributed by atoms with Crippen LogP contribution in [0.3, 0.4) is 0 Å². The summed E-state index contributed by atoms with van der Waals surface area (Å²) in [5, 5.41) is 3.90. The van der Waals surface area contributed by atoms with Gasteiger partial charge in [0, 0.05) is 10.7 Å². The molecule has 0 aliphatic carbocycles. The Morgan fingerprint density at radius 1 is 0.964 bits per heavy atom. The third kappa shape index (κ3) is 5.18. The number of thioether (sulfide) groups is 1. The van der Waals surface area contributed by atoms with Crippen molar-refractivity contribution < 1.29 is 4.79 Å². The first-order valence-corrected chi connectivity index (χ1v) is 10.8. The van der Waals surface area contributed by atoms with Gasteiger partial charge in [-0.3, -0.25) is 4.79 Å². The Kier molecular flexibility index (Phi) is 7.18. The van der Waals surface area contributed by atoms with Gasteiger partial charge in [-0.25, -0.2) is 0 Å². The summed E-state index contributed by atoms with van der Waals surface area (Å²) in [4.78, 5) is 12.7. The van der Waals surface area contributed by atoms with E-state index in [1.165, 1.54) is 5.56 Å². The van der Waals surface area contributed by atoms with Crippen LogP contribution in [0, 0.1) is 6.92 Å². The number of benzene rings is 3. The quantitative estimate of drug-likeness (QED) is 0.472. The Morgan fingerprint density at radius 3 is 2.32 bits per heavy atom. The topological polar surface area (TPSA) is 29.1 Å². The average molecular weight is 410 g/mol. The van der Waals surface area contributed by atoms with Crippen molar-refractivity contribution in [2.24, 2.45) is 0 Å². The summed E-state index contributed by atoms with van der Waals surface area (Å²) in [6, 6.07) is 24.2. The summed E-state index contributed by atoms with van der Waals surface area (Å²) < 4.78 is 0. The monoisotopic (exact) mass is 409 g/mol. The molecule has 0 aromatic heterocycles. The van der Waals surface area contributed by atoms with E-state index in [-0.39, 0.29) is 11.2 Å². The van der Waals surface area contributed by atoms with Crippen molar-refractivity contribution in [3.05, 3.63) is 100 Å². The standard InChI is InChI=1S/C24H24ClNOS/c1-3-18-11-7-8-17(2)23(18)26-22(27)16-28-24(19-9-5-4-6-10-19)20-12-14-21(25)15-13-20/h4-15,24H,3,16H2,1-2H3,(H,26,27). The van der Waals surface area contributed by atoms with Gasteiger partial charge in [-0.2, -0.15) is 0 Å². The van der Waals surface area contributed by atoms with Crippen LogP contribution in [-0.4, -0.2) is 11.7 Å². The lowest BCUT2D eigenvalue weighted by atomic mass is 10.0. The third-order valence-electron chi connectivity index (χ3n) is 4.66. The molecule has 3 rings (SSSR count). The van der Waals surface area contributed by atoms with Crippen molar-refractivity contribution >= 4 is 35.0 Å². The highest BCUT2D eigenvalue weighted by molar-refractivity contribution is 8.00. The smallest absolute Gasteiger partial charge is 0.234 e. The zero-order valence-electron chi connectivity index (χ0n) is 16.1. The van der Waals surface area contributed by atoms with Crippen LogP contribution >= 0.6 is 23.4 Å². The molecule has 0 aliphatic heterocycles. The Bertz CT molecular complexity index is 925. The van der Waals surface area contributed by atoms with Gasteiger partial charge in [0.15, 0.2) is 0 Å². The number of aryl methyl sites for hydroxylation is 2. The molecule has 0 aliphatic rings.